The SMILES string of the molecule is CC(C)(CO)NCCOc1ccc2c(c1)C(C)(C)c1oc3ccccc3c1C2=O. The van der Waals surface area contributed by atoms with Crippen molar-refractivity contribution in [3.05, 3.63) is 64.9 Å². The molecule has 1 aromatic heterocycles. The molecule has 0 saturated heterocycles. The lowest BCUT2D eigenvalue weighted by Gasteiger charge is -2.31. The number of hydrogen-bond donors (Lipinski definition) is 2. The third kappa shape index (κ3) is 3.34. The van der Waals surface area contributed by atoms with E-state index in [1.165, 1.54) is 0 Å². The zero-order valence-electron chi connectivity index (χ0n) is 17.3. The van der Waals surface area contributed by atoms with Crippen LogP contribution < -0.4 is 10.1 Å². The van der Waals surface area contributed by atoms with Crippen LogP contribution in [0, 0.1) is 0 Å². The number of carbonyl (C=O) groups excluding carboxylic acids is 1. The standard InChI is InChI=1S/C24H27NO4/c1-23(2,14-26)25-11-12-28-15-9-10-16-18(13-15)24(3,4)22-20(21(16)27)17-7-5-6-8-19(17)29-22/h5-10,13,25-26H,11-12,14H2,1-4H3. The van der Waals surface area contributed by atoms with Gasteiger partial charge in [-0.25, -0.2) is 0 Å². The van der Waals surface area contributed by atoms with E-state index >= 15 is 0 Å². The molecular weight excluding hydrogens is 366 g/mol. The first-order chi connectivity index (χ1) is 13.7. The minimum absolute atomic E-state index is 0.00260. The number of para-hydroxylation sites is 1. The Hall–Kier alpha value is -2.63. The number of nitrogens with one attached hydrogen (secondary N) is 1. The average molecular weight is 393 g/mol. The number of rotatable bonds is 6. The maximum absolute atomic E-state index is 13.3. The molecule has 0 spiro atoms. The topological polar surface area (TPSA) is 71.7 Å². The molecule has 1 aliphatic carbocycles. The Kier molecular flexibility index (Phi) is 4.75. The van der Waals surface area contributed by atoms with Gasteiger partial charge in [0.15, 0.2) is 5.78 Å². The van der Waals surface area contributed by atoms with Gasteiger partial charge in [-0.15, -0.1) is 0 Å². The number of hydrogen-bond acceptors (Lipinski definition) is 5. The predicted molar refractivity (Wildman–Crippen MR) is 113 cm³/mol. The summed E-state index contributed by atoms with van der Waals surface area (Å²) < 4.78 is 12.0. The lowest BCUT2D eigenvalue weighted by atomic mass is 9.72. The number of carbonyl (C=O) groups is 1. The molecule has 0 saturated carbocycles. The molecule has 0 amide bonds. The van der Waals surface area contributed by atoms with E-state index in [0.717, 1.165) is 16.5 Å². The molecule has 5 heteroatoms. The highest BCUT2D eigenvalue weighted by Gasteiger charge is 2.41. The average Bonchev–Trinajstić information content (AvgIpc) is 3.11. The van der Waals surface area contributed by atoms with Crippen molar-refractivity contribution in [3.8, 4) is 5.75 Å². The van der Waals surface area contributed by atoms with Crippen LogP contribution in [0.4, 0.5) is 0 Å². The van der Waals surface area contributed by atoms with Crippen LogP contribution in [0.1, 0.15) is 54.9 Å². The molecule has 3 aromatic rings. The molecule has 0 aliphatic heterocycles. The number of furan rings is 1. The van der Waals surface area contributed by atoms with Gasteiger partial charge in [0.2, 0.25) is 0 Å². The van der Waals surface area contributed by atoms with Crippen molar-refractivity contribution in [2.45, 2.75) is 38.6 Å². The monoisotopic (exact) mass is 393 g/mol. The van der Waals surface area contributed by atoms with Gasteiger partial charge in [0.05, 0.1) is 12.2 Å². The summed E-state index contributed by atoms with van der Waals surface area (Å²) in [6, 6.07) is 13.3. The molecule has 5 nitrogen and oxygen atoms in total. The molecule has 2 aromatic carbocycles. The van der Waals surface area contributed by atoms with Crippen LogP contribution in [0.5, 0.6) is 5.75 Å². The van der Waals surface area contributed by atoms with Crippen molar-refractivity contribution in [3.63, 3.8) is 0 Å². The van der Waals surface area contributed by atoms with Crippen molar-refractivity contribution >= 4 is 16.8 Å². The Labute approximate surface area is 170 Å². The Morgan fingerprint density at radius 2 is 1.93 bits per heavy atom. The zero-order valence-corrected chi connectivity index (χ0v) is 17.3. The van der Waals surface area contributed by atoms with Crippen LogP contribution in [0.15, 0.2) is 46.9 Å². The Morgan fingerprint density at radius 1 is 1.17 bits per heavy atom. The third-order valence-corrected chi connectivity index (χ3v) is 5.67. The van der Waals surface area contributed by atoms with Crippen molar-refractivity contribution in [2.24, 2.45) is 0 Å². The first kappa shape index (κ1) is 19.7. The van der Waals surface area contributed by atoms with Crippen LogP contribution in [0.2, 0.25) is 0 Å². The summed E-state index contributed by atoms with van der Waals surface area (Å²) in [6.45, 7) is 9.16. The van der Waals surface area contributed by atoms with Crippen LogP contribution in [-0.4, -0.2) is 36.2 Å². The Morgan fingerprint density at radius 3 is 2.69 bits per heavy atom. The molecule has 0 bridgehead atoms. The van der Waals surface area contributed by atoms with Gasteiger partial charge in [0.1, 0.15) is 23.7 Å². The number of aliphatic hydroxyl groups excluding tert-OH is 1. The molecule has 1 heterocycles. The lowest BCUT2D eigenvalue weighted by molar-refractivity contribution is 0.102. The summed E-state index contributed by atoms with van der Waals surface area (Å²) in [7, 11) is 0. The number of ketones is 1. The highest BCUT2D eigenvalue weighted by Crippen LogP contribution is 2.46. The van der Waals surface area contributed by atoms with Gasteiger partial charge in [-0.05, 0) is 57.5 Å². The van der Waals surface area contributed by atoms with E-state index < -0.39 is 5.41 Å². The van der Waals surface area contributed by atoms with Crippen molar-refractivity contribution < 1.29 is 19.1 Å². The lowest BCUT2D eigenvalue weighted by Crippen LogP contribution is -2.44. The van der Waals surface area contributed by atoms with Gasteiger partial charge in [0.25, 0.3) is 0 Å². The summed E-state index contributed by atoms with van der Waals surface area (Å²) in [5.74, 6) is 1.42. The summed E-state index contributed by atoms with van der Waals surface area (Å²) in [6.07, 6.45) is 0. The summed E-state index contributed by atoms with van der Waals surface area (Å²) >= 11 is 0. The first-order valence-corrected chi connectivity index (χ1v) is 9.94. The second-order valence-corrected chi connectivity index (χ2v) is 8.78. The zero-order chi connectivity index (χ0) is 20.8. The molecule has 0 unspecified atom stereocenters. The molecule has 152 valence electrons. The summed E-state index contributed by atoms with van der Waals surface area (Å²) in [5.41, 5.74) is 2.22. The third-order valence-electron chi connectivity index (χ3n) is 5.67. The fraction of sp³-hybridized carbons (Fsp3) is 0.375. The molecule has 0 radical (unpaired) electrons. The van der Waals surface area contributed by atoms with Gasteiger partial charge < -0.3 is 19.6 Å². The Bertz CT molecular complexity index is 1080. The first-order valence-electron chi connectivity index (χ1n) is 9.94. The second kappa shape index (κ2) is 7.01. The van der Waals surface area contributed by atoms with E-state index in [4.69, 9.17) is 9.15 Å². The maximum Gasteiger partial charge on any atom is 0.197 e. The van der Waals surface area contributed by atoms with E-state index in [0.29, 0.717) is 35.8 Å². The number of benzene rings is 2. The summed E-state index contributed by atoms with van der Waals surface area (Å²) in [4.78, 5) is 13.3. The smallest absolute Gasteiger partial charge is 0.197 e. The van der Waals surface area contributed by atoms with E-state index in [2.05, 4.69) is 19.2 Å². The number of aliphatic hydroxyl groups is 1. The molecule has 0 atom stereocenters. The molecule has 0 fully saturated rings. The maximum atomic E-state index is 13.3. The highest BCUT2D eigenvalue weighted by molar-refractivity contribution is 6.19. The van der Waals surface area contributed by atoms with Crippen molar-refractivity contribution in [2.75, 3.05) is 19.8 Å². The van der Waals surface area contributed by atoms with Crippen LogP contribution in [-0.2, 0) is 5.41 Å². The van der Waals surface area contributed by atoms with Crippen molar-refractivity contribution in [1.29, 1.82) is 0 Å². The number of fused-ring (bicyclic) bond motifs is 4. The van der Waals surface area contributed by atoms with Crippen LogP contribution >= 0.6 is 0 Å². The molecule has 2 N–H and O–H groups in total. The number of ether oxygens (including phenoxy) is 1. The largest absolute Gasteiger partial charge is 0.492 e. The van der Waals surface area contributed by atoms with Crippen LogP contribution in [0.25, 0.3) is 11.0 Å². The second-order valence-electron chi connectivity index (χ2n) is 8.78. The van der Waals surface area contributed by atoms with Crippen molar-refractivity contribution in [1.82, 2.24) is 5.32 Å². The van der Waals surface area contributed by atoms with Gasteiger partial charge in [0, 0.05) is 28.4 Å². The fourth-order valence-electron chi connectivity index (χ4n) is 3.91. The fourth-order valence-corrected chi connectivity index (χ4v) is 3.91. The van der Waals surface area contributed by atoms with E-state index in [9.17, 15) is 9.90 Å². The quantitative estimate of drug-likeness (QED) is 0.619. The van der Waals surface area contributed by atoms with E-state index in [1.807, 2.05) is 56.3 Å². The molecule has 29 heavy (non-hydrogen) atoms. The highest BCUT2D eigenvalue weighted by atomic mass is 16.5. The molecule has 1 aliphatic rings. The van der Waals surface area contributed by atoms with Gasteiger partial charge >= 0.3 is 0 Å². The predicted octanol–water partition coefficient (Wildman–Crippen LogP) is 4.04. The van der Waals surface area contributed by atoms with Gasteiger partial charge in [-0.2, -0.15) is 0 Å². The molecular formula is C24H27NO4. The summed E-state index contributed by atoms with van der Waals surface area (Å²) in [5, 5.41) is 13.4. The normalized spacial score (nSPS) is 15.3. The molecule has 4 rings (SSSR count). The van der Waals surface area contributed by atoms with Gasteiger partial charge in [-0.1, -0.05) is 18.2 Å². The minimum atomic E-state index is -0.450. The Balaban J connectivity index is 1.63. The van der Waals surface area contributed by atoms with Crippen LogP contribution in [0.3, 0.4) is 0 Å². The minimum Gasteiger partial charge on any atom is -0.492 e. The van der Waals surface area contributed by atoms with E-state index in [-0.39, 0.29) is 17.9 Å². The van der Waals surface area contributed by atoms with E-state index in [1.54, 1.807) is 0 Å². The van der Waals surface area contributed by atoms with Gasteiger partial charge in [-0.3, -0.25) is 4.79 Å².